The van der Waals surface area contributed by atoms with Crippen molar-refractivity contribution >= 4 is 40.6 Å². The highest BCUT2D eigenvalue weighted by molar-refractivity contribution is 8.00. The van der Waals surface area contributed by atoms with Gasteiger partial charge < -0.3 is 10.1 Å². The first kappa shape index (κ1) is 19.6. The van der Waals surface area contributed by atoms with Gasteiger partial charge in [0, 0.05) is 16.0 Å². The highest BCUT2D eigenvalue weighted by Gasteiger charge is 2.69. The van der Waals surface area contributed by atoms with E-state index < -0.39 is 0 Å². The van der Waals surface area contributed by atoms with Gasteiger partial charge in [-0.2, -0.15) is 0 Å². The molecule has 2 saturated carbocycles. The molecule has 1 saturated heterocycles. The third kappa shape index (κ3) is 2.59. The standard InChI is InChI=1S/C25H20N2O4S2/c28-13-8-4-5-11(9-13)16-17-14-10-15(20(17)32-22-21(16)33-25(31)26-22)19-18(14)23(29)27(24(19)30)12-6-2-1-3-7-12/h1-9,14-20,28H,10H2,(H,26,31)/t14-,15-,16-,17-,18+,19-,20-/m1/s1. The first-order chi connectivity index (χ1) is 16.0. The number of thioether (sulfide) groups is 1. The normalized spacial score (nSPS) is 33.8. The van der Waals surface area contributed by atoms with Gasteiger partial charge in [0.15, 0.2) is 0 Å². The van der Waals surface area contributed by atoms with E-state index in [9.17, 15) is 19.5 Å². The van der Waals surface area contributed by atoms with Gasteiger partial charge in [0.1, 0.15) is 5.75 Å². The molecular weight excluding hydrogens is 456 g/mol. The lowest BCUT2D eigenvalue weighted by Crippen LogP contribution is -2.42. The lowest BCUT2D eigenvalue weighted by atomic mass is 9.68. The van der Waals surface area contributed by atoms with Crippen molar-refractivity contribution in [1.82, 2.24) is 4.98 Å². The topological polar surface area (TPSA) is 90.5 Å². The number of phenols is 1. The third-order valence-electron chi connectivity index (χ3n) is 7.97. The van der Waals surface area contributed by atoms with Crippen molar-refractivity contribution in [2.75, 3.05) is 4.90 Å². The van der Waals surface area contributed by atoms with E-state index in [1.807, 2.05) is 42.5 Å². The van der Waals surface area contributed by atoms with Gasteiger partial charge in [-0.3, -0.25) is 19.3 Å². The van der Waals surface area contributed by atoms with Crippen LogP contribution in [0.2, 0.25) is 0 Å². The third-order valence-corrected chi connectivity index (χ3v) is 10.6. The van der Waals surface area contributed by atoms with Crippen molar-refractivity contribution in [2.24, 2.45) is 29.6 Å². The number of aromatic nitrogens is 1. The zero-order valence-corrected chi connectivity index (χ0v) is 19.0. The van der Waals surface area contributed by atoms with Gasteiger partial charge in [0.25, 0.3) is 0 Å². The maximum Gasteiger partial charge on any atom is 0.305 e. The summed E-state index contributed by atoms with van der Waals surface area (Å²) in [5.74, 6) is -0.376. The van der Waals surface area contributed by atoms with E-state index >= 15 is 0 Å². The number of para-hydroxylation sites is 1. The van der Waals surface area contributed by atoms with Gasteiger partial charge in [0.2, 0.25) is 11.8 Å². The minimum atomic E-state index is -0.318. The molecule has 7 rings (SSSR count). The van der Waals surface area contributed by atoms with Crippen LogP contribution in [0.1, 0.15) is 22.8 Å². The van der Waals surface area contributed by atoms with Crippen molar-refractivity contribution in [2.45, 2.75) is 22.6 Å². The van der Waals surface area contributed by atoms with Gasteiger partial charge in [-0.05, 0) is 54.0 Å². The number of thiazole rings is 1. The van der Waals surface area contributed by atoms with Crippen LogP contribution in [-0.4, -0.2) is 27.2 Å². The van der Waals surface area contributed by atoms with Crippen LogP contribution >= 0.6 is 23.1 Å². The number of H-pyrrole nitrogens is 1. The van der Waals surface area contributed by atoms with E-state index in [1.54, 1.807) is 23.9 Å². The van der Waals surface area contributed by atoms with Crippen LogP contribution in [0.4, 0.5) is 5.69 Å². The summed E-state index contributed by atoms with van der Waals surface area (Å²) >= 11 is 2.90. The van der Waals surface area contributed by atoms with Crippen LogP contribution in [0.5, 0.6) is 5.75 Å². The smallest absolute Gasteiger partial charge is 0.305 e. The summed E-state index contributed by atoms with van der Waals surface area (Å²) in [5.41, 5.74) is 1.60. The average molecular weight is 477 g/mol. The maximum atomic E-state index is 13.6. The molecule has 1 aromatic heterocycles. The second-order valence-corrected chi connectivity index (χ2v) is 11.6. The second kappa shape index (κ2) is 6.84. The largest absolute Gasteiger partial charge is 0.508 e. The monoisotopic (exact) mass is 476 g/mol. The molecular formula is C25H20N2O4S2. The fourth-order valence-corrected chi connectivity index (χ4v) is 9.83. The Labute approximate surface area is 197 Å². The molecule has 2 amide bonds. The summed E-state index contributed by atoms with van der Waals surface area (Å²) < 4.78 is 0. The van der Waals surface area contributed by atoms with Crippen LogP contribution in [0.15, 0.2) is 64.4 Å². The number of benzene rings is 2. The second-order valence-electron chi connectivity index (χ2n) is 9.40. The van der Waals surface area contributed by atoms with Crippen molar-refractivity contribution < 1.29 is 14.7 Å². The van der Waals surface area contributed by atoms with E-state index in [2.05, 4.69) is 4.98 Å². The van der Waals surface area contributed by atoms with Gasteiger partial charge in [-0.15, -0.1) is 11.8 Å². The minimum absolute atomic E-state index is 0.0698. The van der Waals surface area contributed by atoms with Gasteiger partial charge in [-0.25, -0.2) is 0 Å². The molecule has 3 aromatic rings. The highest BCUT2D eigenvalue weighted by atomic mass is 32.2. The van der Waals surface area contributed by atoms with E-state index in [0.29, 0.717) is 5.69 Å². The lowest BCUT2D eigenvalue weighted by Gasteiger charge is -2.43. The molecule has 8 heteroatoms. The van der Waals surface area contributed by atoms with Crippen molar-refractivity contribution in [3.05, 3.63) is 74.7 Å². The Balaban J connectivity index is 1.35. The molecule has 6 nitrogen and oxygen atoms in total. The molecule has 33 heavy (non-hydrogen) atoms. The van der Waals surface area contributed by atoms with Crippen LogP contribution in [0, 0.1) is 29.6 Å². The molecule has 2 aliphatic carbocycles. The number of hydrogen-bond donors (Lipinski definition) is 2. The van der Waals surface area contributed by atoms with Crippen LogP contribution < -0.4 is 9.77 Å². The molecule has 2 aromatic carbocycles. The lowest BCUT2D eigenvalue weighted by molar-refractivity contribution is -0.123. The van der Waals surface area contributed by atoms with Gasteiger partial charge in [0.05, 0.1) is 22.5 Å². The Morgan fingerprint density at radius 2 is 1.70 bits per heavy atom. The average Bonchev–Trinajstić information content (AvgIpc) is 3.53. The summed E-state index contributed by atoms with van der Waals surface area (Å²) in [6.45, 7) is 0. The van der Waals surface area contributed by atoms with Crippen molar-refractivity contribution in [3.8, 4) is 5.75 Å². The Kier molecular flexibility index (Phi) is 4.06. The number of aromatic amines is 1. The van der Waals surface area contributed by atoms with Gasteiger partial charge in [-0.1, -0.05) is 41.7 Å². The number of carbonyl (C=O) groups excluding carboxylic acids is 2. The zero-order valence-electron chi connectivity index (χ0n) is 17.4. The number of aromatic hydroxyl groups is 1. The SMILES string of the molecule is O=C1[C@@H]2[C@H]3C[C@@H]([C@@H]2C(=O)N1c1ccccc1)[C@@H]1[C@@H](c2cccc(O)c2)c2sc(=O)[nH]c2S[C@H]31. The fraction of sp³-hybridized carbons (Fsp3) is 0.320. The summed E-state index contributed by atoms with van der Waals surface area (Å²) in [6.07, 6.45) is 0.853. The van der Waals surface area contributed by atoms with Crippen molar-refractivity contribution in [1.29, 1.82) is 0 Å². The number of amides is 2. The molecule has 2 bridgehead atoms. The van der Waals surface area contributed by atoms with E-state index in [1.165, 1.54) is 16.2 Å². The van der Waals surface area contributed by atoms with Crippen LogP contribution in [-0.2, 0) is 9.59 Å². The predicted molar refractivity (Wildman–Crippen MR) is 126 cm³/mol. The molecule has 166 valence electrons. The number of nitrogens with one attached hydrogen (secondary N) is 1. The predicted octanol–water partition coefficient (Wildman–Crippen LogP) is 3.82. The quantitative estimate of drug-likeness (QED) is 0.549. The number of carbonyl (C=O) groups is 2. The number of phenolic OH excluding ortho intramolecular Hbond substituents is 1. The minimum Gasteiger partial charge on any atom is -0.508 e. The molecule has 0 radical (unpaired) electrons. The van der Waals surface area contributed by atoms with Crippen LogP contribution in [0.3, 0.4) is 0 Å². The first-order valence-corrected chi connectivity index (χ1v) is 12.8. The number of hydrogen-bond acceptors (Lipinski definition) is 6. The Morgan fingerprint density at radius 1 is 0.939 bits per heavy atom. The number of anilines is 1. The number of fused-ring (bicyclic) bond motifs is 9. The van der Waals surface area contributed by atoms with E-state index in [-0.39, 0.29) is 63.2 Å². The molecule has 3 heterocycles. The summed E-state index contributed by atoms with van der Waals surface area (Å²) in [7, 11) is 0. The highest BCUT2D eigenvalue weighted by Crippen LogP contribution is 2.68. The Hall–Kier alpha value is -2.84. The molecule has 7 atom stereocenters. The molecule has 2 N–H and O–H groups in total. The molecule has 0 spiro atoms. The van der Waals surface area contributed by atoms with E-state index in [4.69, 9.17) is 0 Å². The Bertz CT molecular complexity index is 1370. The first-order valence-electron chi connectivity index (χ1n) is 11.1. The number of nitrogens with zero attached hydrogens (tertiary/aromatic N) is 1. The van der Waals surface area contributed by atoms with E-state index in [0.717, 1.165) is 21.9 Å². The van der Waals surface area contributed by atoms with Gasteiger partial charge >= 0.3 is 4.87 Å². The zero-order chi connectivity index (χ0) is 22.4. The molecule has 4 aliphatic rings. The molecule has 2 aliphatic heterocycles. The number of rotatable bonds is 2. The molecule has 3 fully saturated rings. The maximum absolute atomic E-state index is 13.6. The summed E-state index contributed by atoms with van der Waals surface area (Å²) in [6, 6.07) is 16.4. The summed E-state index contributed by atoms with van der Waals surface area (Å²) in [4.78, 5) is 44.7. The fourth-order valence-electron chi connectivity index (χ4n) is 6.94. The summed E-state index contributed by atoms with van der Waals surface area (Å²) in [5, 5.41) is 11.2. The Morgan fingerprint density at radius 3 is 2.45 bits per heavy atom. The van der Waals surface area contributed by atoms with Crippen molar-refractivity contribution in [3.63, 3.8) is 0 Å². The molecule has 0 unspecified atom stereocenters. The number of imide groups is 1. The van der Waals surface area contributed by atoms with Crippen LogP contribution in [0.25, 0.3) is 0 Å².